The van der Waals surface area contributed by atoms with Gasteiger partial charge in [-0.15, -0.1) is 0 Å². The number of carbonyl (C=O) groups is 2. The summed E-state index contributed by atoms with van der Waals surface area (Å²) in [5.41, 5.74) is 0.915. The molecule has 3 amide bonds. The van der Waals surface area contributed by atoms with Crippen LogP contribution in [0.5, 0.6) is 5.75 Å². The van der Waals surface area contributed by atoms with Gasteiger partial charge in [-0.3, -0.25) is 4.79 Å². The van der Waals surface area contributed by atoms with E-state index in [2.05, 4.69) is 22.5 Å². The highest BCUT2D eigenvalue weighted by Gasteiger charge is 2.30. The second kappa shape index (κ2) is 15.4. The van der Waals surface area contributed by atoms with Gasteiger partial charge in [0.2, 0.25) is 0 Å². The number of hydrogen-bond donors (Lipinski definition) is 3. The molecule has 0 spiro atoms. The second-order valence-corrected chi connectivity index (χ2v) is 11.7. The molecule has 0 radical (unpaired) electrons. The van der Waals surface area contributed by atoms with Crippen LogP contribution in [0, 0.1) is 5.92 Å². The normalized spacial score (nSPS) is 24.8. The van der Waals surface area contributed by atoms with Crippen molar-refractivity contribution in [2.24, 2.45) is 5.92 Å². The Bertz CT molecular complexity index is 921. The number of aliphatic hydroxyl groups excluding tert-OH is 1. The van der Waals surface area contributed by atoms with Crippen molar-refractivity contribution in [3.8, 4) is 5.75 Å². The third-order valence-electron chi connectivity index (χ3n) is 7.79. The van der Waals surface area contributed by atoms with E-state index in [0.29, 0.717) is 30.2 Å². The number of aliphatic hydroxyl groups is 1. The summed E-state index contributed by atoms with van der Waals surface area (Å²) in [6.07, 6.45) is 8.06. The minimum absolute atomic E-state index is 0.0409. The Morgan fingerprint density at radius 1 is 1.13 bits per heavy atom. The van der Waals surface area contributed by atoms with Crippen LogP contribution in [-0.2, 0) is 4.74 Å². The minimum atomic E-state index is -0.399. The maximum atomic E-state index is 14.1. The van der Waals surface area contributed by atoms with Gasteiger partial charge in [-0.2, -0.15) is 0 Å². The number of anilines is 1. The topological polar surface area (TPSA) is 103 Å². The molecule has 0 bridgehead atoms. The molecule has 1 aliphatic carbocycles. The van der Waals surface area contributed by atoms with E-state index in [9.17, 15) is 14.7 Å². The van der Waals surface area contributed by atoms with Crippen LogP contribution in [0.3, 0.4) is 0 Å². The monoisotopic (exact) mass is 546 g/mol. The molecule has 4 atom stereocenters. The van der Waals surface area contributed by atoms with Gasteiger partial charge in [0.25, 0.3) is 5.91 Å². The van der Waals surface area contributed by atoms with Crippen LogP contribution in [0.2, 0.25) is 0 Å². The summed E-state index contributed by atoms with van der Waals surface area (Å²) in [5, 5.41) is 16.1. The highest BCUT2D eigenvalue weighted by molar-refractivity contribution is 5.99. The zero-order valence-corrected chi connectivity index (χ0v) is 24.6. The molecule has 1 fully saturated rings. The molecule has 1 heterocycles. The summed E-state index contributed by atoms with van der Waals surface area (Å²) in [4.78, 5) is 30.7. The first-order valence-corrected chi connectivity index (χ1v) is 14.7. The van der Waals surface area contributed by atoms with E-state index in [1.54, 1.807) is 23.1 Å². The average molecular weight is 547 g/mol. The number of urea groups is 1. The maximum Gasteiger partial charge on any atom is 0.319 e. The number of likely N-dealkylation sites (N-methyl/N-ethyl adjacent to an activating group) is 1. The Balaban J connectivity index is 1.90. The number of hydrogen-bond acceptors (Lipinski definition) is 6. The molecule has 0 saturated heterocycles. The Kier molecular flexibility index (Phi) is 12.3. The molecular weight excluding hydrogens is 496 g/mol. The van der Waals surface area contributed by atoms with Gasteiger partial charge in [-0.05, 0) is 78.2 Å². The van der Waals surface area contributed by atoms with Crippen molar-refractivity contribution in [1.29, 1.82) is 0 Å². The van der Waals surface area contributed by atoms with Gasteiger partial charge in [-0.25, -0.2) is 4.79 Å². The number of carbonyl (C=O) groups excluding carboxylic acids is 2. The van der Waals surface area contributed by atoms with Gasteiger partial charge >= 0.3 is 6.03 Å². The van der Waals surface area contributed by atoms with Crippen LogP contribution in [0.25, 0.3) is 0 Å². The van der Waals surface area contributed by atoms with Gasteiger partial charge in [0.15, 0.2) is 0 Å². The lowest BCUT2D eigenvalue weighted by atomic mass is 9.96. The largest absolute Gasteiger partial charge is 0.490 e. The Hall–Kier alpha value is -2.36. The van der Waals surface area contributed by atoms with Crippen molar-refractivity contribution < 1.29 is 24.2 Å². The molecule has 2 aliphatic rings. The smallest absolute Gasteiger partial charge is 0.319 e. The van der Waals surface area contributed by atoms with Crippen molar-refractivity contribution in [1.82, 2.24) is 15.1 Å². The van der Waals surface area contributed by atoms with Crippen LogP contribution in [0.1, 0.15) is 82.5 Å². The average Bonchev–Trinajstić information content (AvgIpc) is 2.90. The fourth-order valence-electron chi connectivity index (χ4n) is 5.42. The van der Waals surface area contributed by atoms with Crippen LogP contribution < -0.4 is 15.4 Å². The molecule has 39 heavy (non-hydrogen) atoms. The van der Waals surface area contributed by atoms with Crippen molar-refractivity contribution in [3.63, 3.8) is 0 Å². The van der Waals surface area contributed by atoms with Crippen molar-refractivity contribution in [3.05, 3.63) is 23.8 Å². The van der Waals surface area contributed by atoms with Crippen molar-refractivity contribution >= 4 is 17.6 Å². The van der Waals surface area contributed by atoms with Crippen LogP contribution in [0.4, 0.5) is 10.5 Å². The lowest BCUT2D eigenvalue weighted by Gasteiger charge is -2.35. The van der Waals surface area contributed by atoms with E-state index in [0.717, 1.165) is 51.5 Å². The predicted octanol–water partition coefficient (Wildman–Crippen LogP) is 4.50. The summed E-state index contributed by atoms with van der Waals surface area (Å²) in [6.45, 7) is 7.62. The Morgan fingerprint density at radius 3 is 2.54 bits per heavy atom. The number of ether oxygens (including phenoxy) is 2. The molecule has 1 aromatic carbocycles. The highest BCUT2D eigenvalue weighted by atomic mass is 16.5. The lowest BCUT2D eigenvalue weighted by molar-refractivity contribution is -0.0137. The lowest BCUT2D eigenvalue weighted by Crippen LogP contribution is -2.47. The van der Waals surface area contributed by atoms with Gasteiger partial charge in [0.05, 0.1) is 30.4 Å². The number of fused-ring (bicyclic) bond motifs is 1. The second-order valence-electron chi connectivity index (χ2n) is 11.7. The number of rotatable bonds is 6. The first kappa shape index (κ1) is 31.2. The van der Waals surface area contributed by atoms with E-state index in [1.807, 2.05) is 27.9 Å². The van der Waals surface area contributed by atoms with E-state index in [-0.39, 0.29) is 42.7 Å². The van der Waals surface area contributed by atoms with Gasteiger partial charge in [0.1, 0.15) is 5.75 Å². The summed E-state index contributed by atoms with van der Waals surface area (Å²) in [7, 11) is 4.05. The van der Waals surface area contributed by atoms with E-state index < -0.39 is 6.04 Å². The number of benzene rings is 1. The van der Waals surface area contributed by atoms with E-state index in [1.165, 1.54) is 6.42 Å². The minimum Gasteiger partial charge on any atom is -0.490 e. The Labute approximate surface area is 234 Å². The van der Waals surface area contributed by atoms with Crippen molar-refractivity contribution in [2.45, 2.75) is 96.4 Å². The van der Waals surface area contributed by atoms with Gasteiger partial charge in [0, 0.05) is 37.3 Å². The summed E-state index contributed by atoms with van der Waals surface area (Å²) in [5.74, 6) is 0.299. The molecule has 3 rings (SSSR count). The molecular formula is C30H50N4O5. The molecule has 220 valence electrons. The molecule has 1 aliphatic heterocycles. The number of nitrogens with zero attached hydrogens (tertiary/aromatic N) is 2. The molecule has 0 aromatic heterocycles. The molecule has 1 aromatic rings. The number of nitrogens with one attached hydrogen (secondary N) is 2. The first-order valence-electron chi connectivity index (χ1n) is 14.7. The molecule has 1 saturated carbocycles. The molecule has 3 N–H and O–H groups in total. The van der Waals surface area contributed by atoms with E-state index in [4.69, 9.17) is 9.47 Å². The first-order chi connectivity index (χ1) is 18.7. The fraction of sp³-hybridized carbons (Fsp3) is 0.733. The fourth-order valence-corrected chi connectivity index (χ4v) is 5.42. The quantitative estimate of drug-likeness (QED) is 0.486. The van der Waals surface area contributed by atoms with Crippen molar-refractivity contribution in [2.75, 3.05) is 45.7 Å². The number of amides is 3. The highest BCUT2D eigenvalue weighted by Crippen LogP contribution is 2.28. The third kappa shape index (κ3) is 9.65. The maximum absolute atomic E-state index is 14.1. The summed E-state index contributed by atoms with van der Waals surface area (Å²) >= 11 is 0. The zero-order chi connectivity index (χ0) is 28.4. The Morgan fingerprint density at radius 2 is 1.85 bits per heavy atom. The third-order valence-corrected chi connectivity index (χ3v) is 7.79. The van der Waals surface area contributed by atoms with Gasteiger partial charge < -0.3 is 35.0 Å². The van der Waals surface area contributed by atoms with Crippen LogP contribution in [0.15, 0.2) is 18.2 Å². The SMILES string of the molecule is C[C@H]1CCCCO[C@@H](CN(C)C)[C@@H](C)CN([C@@H](C)CO)C(=O)c2cc(NC(=O)NC3CCCCC3)ccc2O1. The predicted molar refractivity (Wildman–Crippen MR) is 154 cm³/mol. The van der Waals surface area contributed by atoms with Crippen LogP contribution in [-0.4, -0.2) is 91.5 Å². The van der Waals surface area contributed by atoms with Gasteiger partial charge in [-0.1, -0.05) is 26.2 Å². The van der Waals surface area contributed by atoms with Crippen LogP contribution >= 0.6 is 0 Å². The van der Waals surface area contributed by atoms with E-state index >= 15 is 0 Å². The summed E-state index contributed by atoms with van der Waals surface area (Å²) in [6, 6.07) is 4.78. The zero-order valence-electron chi connectivity index (χ0n) is 24.6. The standard InChI is InChI=1S/C30H50N4O5/c1-21-18-34(22(2)20-35)29(36)26-17-25(32-30(37)31-24-12-7-6-8-13-24)14-15-27(26)39-23(3)11-9-10-16-38-28(21)19-33(4)5/h14-15,17,21-24,28,35H,6-13,16,18-20H2,1-5H3,(H2,31,32,37)/t21-,22-,23-,28-/m0/s1. The molecule has 0 unspecified atom stereocenters. The summed E-state index contributed by atoms with van der Waals surface area (Å²) < 4.78 is 12.6. The molecule has 9 heteroatoms. The molecule has 9 nitrogen and oxygen atoms in total.